The first kappa shape index (κ1) is 19.7. The Morgan fingerprint density at radius 3 is 2.71 bits per heavy atom. The number of carbonyl (C=O) groups excluding carboxylic acids is 1. The third-order valence-electron chi connectivity index (χ3n) is 6.83. The van der Waals surface area contributed by atoms with Crippen molar-refractivity contribution in [2.75, 3.05) is 51.3 Å². The fraction of sp³-hybridized carbons (Fsp3) is 0.810. The second-order valence-corrected chi connectivity index (χ2v) is 8.89. The van der Waals surface area contributed by atoms with Crippen LogP contribution in [0, 0.1) is 5.92 Å². The summed E-state index contributed by atoms with van der Waals surface area (Å²) in [4.78, 5) is 19.7. The molecule has 3 aliphatic rings. The number of piperazine rings is 1. The molecule has 0 radical (unpaired) electrons. The van der Waals surface area contributed by atoms with Crippen molar-refractivity contribution < 1.29 is 14.1 Å². The second kappa shape index (κ2) is 8.41. The van der Waals surface area contributed by atoms with E-state index in [9.17, 15) is 4.79 Å². The first-order chi connectivity index (χ1) is 13.6. The van der Waals surface area contributed by atoms with Crippen molar-refractivity contribution in [1.29, 1.82) is 0 Å². The number of esters is 1. The largest absolute Gasteiger partial charge is 0.468 e. The third kappa shape index (κ3) is 3.92. The van der Waals surface area contributed by atoms with Gasteiger partial charge in [-0.1, -0.05) is 19.0 Å². The van der Waals surface area contributed by atoms with Crippen molar-refractivity contribution in [3.63, 3.8) is 0 Å². The van der Waals surface area contributed by atoms with E-state index >= 15 is 0 Å². The smallest absolute Gasteiger partial charge is 0.316 e. The molecule has 1 aromatic rings. The van der Waals surface area contributed by atoms with Gasteiger partial charge in [0.15, 0.2) is 11.6 Å². The van der Waals surface area contributed by atoms with Crippen molar-refractivity contribution in [2.24, 2.45) is 5.92 Å². The Labute approximate surface area is 168 Å². The van der Waals surface area contributed by atoms with Crippen LogP contribution in [-0.4, -0.2) is 79.4 Å². The minimum absolute atomic E-state index is 0.103. The minimum Gasteiger partial charge on any atom is -0.468 e. The minimum atomic E-state index is -0.400. The van der Waals surface area contributed by atoms with Gasteiger partial charge >= 0.3 is 5.97 Å². The molecule has 3 saturated heterocycles. The number of nitrogens with zero attached hydrogens (tertiary/aromatic N) is 4. The number of hydrogen-bond donors (Lipinski definition) is 0. The van der Waals surface area contributed by atoms with Crippen LogP contribution in [0.5, 0.6) is 0 Å². The van der Waals surface area contributed by atoms with E-state index in [1.54, 1.807) is 0 Å². The lowest BCUT2D eigenvalue weighted by atomic mass is 9.93. The van der Waals surface area contributed by atoms with Gasteiger partial charge in [0, 0.05) is 50.9 Å². The molecule has 0 saturated carbocycles. The Kier molecular flexibility index (Phi) is 5.92. The van der Waals surface area contributed by atoms with E-state index in [-0.39, 0.29) is 11.9 Å². The maximum absolute atomic E-state index is 12.1. The Morgan fingerprint density at radius 2 is 2.00 bits per heavy atom. The molecule has 3 atom stereocenters. The molecule has 0 bridgehead atoms. The number of methoxy groups -OCH3 is 1. The Hall–Kier alpha value is -1.60. The SMILES string of the molecule is COC(=O)C(c1cc(N2CCN(CC3CCC4CCCN43)CC2)no1)C(C)C. The van der Waals surface area contributed by atoms with Gasteiger partial charge in [0.25, 0.3) is 0 Å². The fourth-order valence-corrected chi connectivity index (χ4v) is 5.27. The average Bonchev–Trinajstić information content (AvgIpc) is 3.41. The van der Waals surface area contributed by atoms with Gasteiger partial charge in [-0.3, -0.25) is 14.6 Å². The van der Waals surface area contributed by atoms with E-state index in [0.29, 0.717) is 5.76 Å². The zero-order valence-corrected chi connectivity index (χ0v) is 17.5. The number of hydrogen-bond acceptors (Lipinski definition) is 7. The van der Waals surface area contributed by atoms with E-state index in [2.05, 4.69) is 19.9 Å². The van der Waals surface area contributed by atoms with Crippen molar-refractivity contribution in [1.82, 2.24) is 15.0 Å². The predicted molar refractivity (Wildman–Crippen MR) is 108 cm³/mol. The summed E-state index contributed by atoms with van der Waals surface area (Å²) >= 11 is 0. The molecule has 3 unspecified atom stereocenters. The summed E-state index contributed by atoms with van der Waals surface area (Å²) in [6.45, 7) is 10.5. The molecule has 156 valence electrons. The molecule has 28 heavy (non-hydrogen) atoms. The highest BCUT2D eigenvalue weighted by molar-refractivity contribution is 5.77. The van der Waals surface area contributed by atoms with Gasteiger partial charge in [-0.05, 0) is 38.1 Å². The topological polar surface area (TPSA) is 62.1 Å². The second-order valence-electron chi connectivity index (χ2n) is 8.89. The molecule has 0 aromatic carbocycles. The van der Waals surface area contributed by atoms with Crippen LogP contribution in [0.3, 0.4) is 0 Å². The van der Waals surface area contributed by atoms with Crippen LogP contribution in [-0.2, 0) is 9.53 Å². The van der Waals surface area contributed by atoms with Crippen molar-refractivity contribution in [3.8, 4) is 0 Å². The number of anilines is 1. The van der Waals surface area contributed by atoms with Gasteiger partial charge < -0.3 is 14.2 Å². The molecular formula is C21H34N4O3. The van der Waals surface area contributed by atoms with Gasteiger partial charge in [-0.25, -0.2) is 0 Å². The molecule has 4 heterocycles. The third-order valence-corrected chi connectivity index (χ3v) is 6.83. The lowest BCUT2D eigenvalue weighted by Crippen LogP contribution is -2.50. The molecule has 0 spiro atoms. The van der Waals surface area contributed by atoms with Crippen LogP contribution < -0.4 is 4.90 Å². The van der Waals surface area contributed by atoms with E-state index in [1.807, 2.05) is 19.9 Å². The van der Waals surface area contributed by atoms with E-state index in [0.717, 1.165) is 44.1 Å². The summed E-state index contributed by atoms with van der Waals surface area (Å²) in [5.41, 5.74) is 0. The number of aromatic nitrogens is 1. The highest BCUT2D eigenvalue weighted by Crippen LogP contribution is 2.33. The molecule has 0 aliphatic carbocycles. The lowest BCUT2D eigenvalue weighted by molar-refractivity contribution is -0.144. The van der Waals surface area contributed by atoms with Crippen LogP contribution in [0.15, 0.2) is 10.6 Å². The van der Waals surface area contributed by atoms with Crippen molar-refractivity contribution in [3.05, 3.63) is 11.8 Å². The molecule has 3 fully saturated rings. The molecule has 7 nitrogen and oxygen atoms in total. The maximum Gasteiger partial charge on any atom is 0.316 e. The average molecular weight is 391 g/mol. The number of carbonyl (C=O) groups is 1. The van der Waals surface area contributed by atoms with Gasteiger partial charge in [0.2, 0.25) is 0 Å². The normalized spacial score (nSPS) is 27.4. The van der Waals surface area contributed by atoms with Crippen molar-refractivity contribution >= 4 is 11.8 Å². The molecule has 3 aliphatic heterocycles. The van der Waals surface area contributed by atoms with Crippen LogP contribution in [0.25, 0.3) is 0 Å². The molecule has 4 rings (SSSR count). The van der Waals surface area contributed by atoms with Gasteiger partial charge in [-0.2, -0.15) is 0 Å². The number of rotatable bonds is 6. The molecule has 7 heteroatoms. The summed E-state index contributed by atoms with van der Waals surface area (Å²) < 4.78 is 10.5. The standard InChI is InChI=1S/C21H34N4O3/c1-15(2)20(21(26)27-3)18-13-19(22-28-18)24-11-9-23(10-12-24)14-17-7-6-16-5-4-8-25(16)17/h13,15-17,20H,4-12,14H2,1-3H3. The fourth-order valence-electron chi connectivity index (χ4n) is 5.27. The van der Waals surface area contributed by atoms with Crippen LogP contribution in [0.4, 0.5) is 5.82 Å². The first-order valence-electron chi connectivity index (χ1n) is 10.8. The van der Waals surface area contributed by atoms with Gasteiger partial charge in [0.1, 0.15) is 5.92 Å². The zero-order chi connectivity index (χ0) is 19.7. The molecule has 0 N–H and O–H groups in total. The van der Waals surface area contributed by atoms with Crippen LogP contribution >= 0.6 is 0 Å². The Balaban J connectivity index is 1.32. The Bertz CT molecular complexity index is 668. The summed E-state index contributed by atoms with van der Waals surface area (Å²) in [6, 6.07) is 3.54. The molecule has 1 aromatic heterocycles. The molecular weight excluding hydrogens is 356 g/mol. The summed E-state index contributed by atoms with van der Waals surface area (Å²) in [5.74, 6) is 0.878. The summed E-state index contributed by atoms with van der Waals surface area (Å²) in [6.07, 6.45) is 5.54. The van der Waals surface area contributed by atoms with E-state index < -0.39 is 5.92 Å². The number of ether oxygens (including phenoxy) is 1. The lowest BCUT2D eigenvalue weighted by Gasteiger charge is -2.37. The Morgan fingerprint density at radius 1 is 1.21 bits per heavy atom. The highest BCUT2D eigenvalue weighted by atomic mass is 16.5. The first-order valence-corrected chi connectivity index (χ1v) is 10.8. The van der Waals surface area contributed by atoms with Crippen LogP contribution in [0.2, 0.25) is 0 Å². The predicted octanol–water partition coefficient (Wildman–Crippen LogP) is 2.34. The maximum atomic E-state index is 12.1. The van der Waals surface area contributed by atoms with Crippen molar-refractivity contribution in [2.45, 2.75) is 57.5 Å². The van der Waals surface area contributed by atoms with Gasteiger partial charge in [0.05, 0.1) is 7.11 Å². The van der Waals surface area contributed by atoms with E-state index in [1.165, 1.54) is 45.9 Å². The van der Waals surface area contributed by atoms with Crippen LogP contribution in [0.1, 0.15) is 51.2 Å². The number of fused-ring (bicyclic) bond motifs is 1. The van der Waals surface area contributed by atoms with E-state index in [4.69, 9.17) is 9.26 Å². The molecule has 0 amide bonds. The quantitative estimate of drug-likeness (QED) is 0.691. The highest BCUT2D eigenvalue weighted by Gasteiger charge is 2.37. The summed E-state index contributed by atoms with van der Waals surface area (Å²) in [7, 11) is 1.42. The monoisotopic (exact) mass is 390 g/mol. The van der Waals surface area contributed by atoms with Gasteiger partial charge in [-0.15, -0.1) is 0 Å². The zero-order valence-electron chi connectivity index (χ0n) is 17.5. The summed E-state index contributed by atoms with van der Waals surface area (Å²) in [5, 5.41) is 4.25.